The van der Waals surface area contributed by atoms with Gasteiger partial charge < -0.3 is 14.2 Å². The van der Waals surface area contributed by atoms with E-state index in [-0.39, 0.29) is 25.4 Å². The van der Waals surface area contributed by atoms with Gasteiger partial charge in [-0.2, -0.15) is 0 Å². The maximum Gasteiger partial charge on any atom is 0.311 e. The van der Waals surface area contributed by atoms with Gasteiger partial charge in [0, 0.05) is 5.38 Å². The van der Waals surface area contributed by atoms with Crippen molar-refractivity contribution >= 4 is 34.3 Å². The Morgan fingerprint density at radius 1 is 1.11 bits per heavy atom. The van der Waals surface area contributed by atoms with Crippen molar-refractivity contribution in [3.63, 3.8) is 0 Å². The highest BCUT2D eigenvalue weighted by molar-refractivity contribution is 7.13. The van der Waals surface area contributed by atoms with Crippen LogP contribution in [0.3, 0.4) is 0 Å². The van der Waals surface area contributed by atoms with Crippen LogP contribution in [0.5, 0.6) is 5.75 Å². The number of carbonyl (C=O) groups is 3. The van der Waals surface area contributed by atoms with E-state index in [4.69, 9.17) is 14.2 Å². The van der Waals surface area contributed by atoms with Crippen molar-refractivity contribution < 1.29 is 28.6 Å². The molecule has 0 spiro atoms. The molecule has 0 saturated carbocycles. The number of hydrogen-bond donors (Lipinski definition) is 1. The molecular formula is C19H22N2O6S. The van der Waals surface area contributed by atoms with Crippen LogP contribution in [-0.2, 0) is 30.3 Å². The van der Waals surface area contributed by atoms with Crippen LogP contribution in [0, 0.1) is 6.92 Å². The van der Waals surface area contributed by atoms with Crippen LogP contribution >= 0.6 is 11.3 Å². The second-order valence-electron chi connectivity index (χ2n) is 5.75. The van der Waals surface area contributed by atoms with Crippen molar-refractivity contribution in [2.75, 3.05) is 25.1 Å². The Balaban J connectivity index is 1.64. The Bertz CT molecular complexity index is 803. The minimum absolute atomic E-state index is 0.0299. The number of carbonyl (C=O) groups excluding carboxylic acids is 3. The predicted octanol–water partition coefficient (Wildman–Crippen LogP) is 2.51. The van der Waals surface area contributed by atoms with Crippen LogP contribution in [0.2, 0.25) is 0 Å². The zero-order valence-corrected chi connectivity index (χ0v) is 16.5. The molecule has 8 nitrogen and oxygen atoms in total. The van der Waals surface area contributed by atoms with Crippen molar-refractivity contribution in [3.05, 3.63) is 40.9 Å². The standard InChI is InChI=1S/C19H22N2O6S/c1-3-25-18(24)10-14-12-28-19(20-14)21-16(22)11-27-17(23)8-9-26-15-6-4-13(2)5-7-15/h4-7,12H,3,8-11H2,1-2H3,(H,20,21,22). The molecule has 0 saturated heterocycles. The molecule has 28 heavy (non-hydrogen) atoms. The topological polar surface area (TPSA) is 104 Å². The largest absolute Gasteiger partial charge is 0.493 e. The summed E-state index contributed by atoms with van der Waals surface area (Å²) in [7, 11) is 0. The van der Waals surface area contributed by atoms with Crippen LogP contribution in [-0.4, -0.2) is 42.7 Å². The lowest BCUT2D eigenvalue weighted by atomic mass is 10.2. The highest BCUT2D eigenvalue weighted by Crippen LogP contribution is 2.16. The number of benzene rings is 1. The number of nitrogens with one attached hydrogen (secondary N) is 1. The van der Waals surface area contributed by atoms with E-state index >= 15 is 0 Å². The van der Waals surface area contributed by atoms with E-state index in [0.717, 1.165) is 5.56 Å². The van der Waals surface area contributed by atoms with Crippen LogP contribution in [0.15, 0.2) is 29.6 Å². The quantitative estimate of drug-likeness (QED) is 0.605. The summed E-state index contributed by atoms with van der Waals surface area (Å²) < 4.78 is 15.2. The third kappa shape index (κ3) is 7.75. The number of aryl methyl sites for hydroxylation is 1. The van der Waals surface area contributed by atoms with Crippen molar-refractivity contribution in [2.45, 2.75) is 26.7 Å². The SMILES string of the molecule is CCOC(=O)Cc1csc(NC(=O)COC(=O)CCOc2ccc(C)cc2)n1. The Kier molecular flexibility index (Phi) is 8.41. The lowest BCUT2D eigenvalue weighted by Crippen LogP contribution is -2.21. The lowest BCUT2D eigenvalue weighted by molar-refractivity contribution is -0.147. The third-order valence-electron chi connectivity index (χ3n) is 3.39. The molecule has 0 fully saturated rings. The first-order chi connectivity index (χ1) is 13.5. The molecule has 0 unspecified atom stereocenters. The summed E-state index contributed by atoms with van der Waals surface area (Å²) in [4.78, 5) is 39.0. The minimum atomic E-state index is -0.538. The number of ether oxygens (including phenoxy) is 3. The Morgan fingerprint density at radius 2 is 1.86 bits per heavy atom. The minimum Gasteiger partial charge on any atom is -0.493 e. The molecule has 1 heterocycles. The number of hydrogen-bond acceptors (Lipinski definition) is 8. The molecule has 0 radical (unpaired) electrons. The molecule has 9 heteroatoms. The van der Waals surface area contributed by atoms with Gasteiger partial charge in [0.2, 0.25) is 0 Å². The van der Waals surface area contributed by atoms with Gasteiger partial charge in [0.1, 0.15) is 5.75 Å². The van der Waals surface area contributed by atoms with Crippen LogP contribution in [0.25, 0.3) is 0 Å². The summed E-state index contributed by atoms with van der Waals surface area (Å²) in [6.07, 6.45) is 0.0677. The maximum atomic E-state index is 11.8. The molecule has 0 aliphatic heterocycles. The summed E-state index contributed by atoms with van der Waals surface area (Å²) in [6.45, 7) is 3.73. The van der Waals surface area contributed by atoms with E-state index in [9.17, 15) is 14.4 Å². The summed E-state index contributed by atoms with van der Waals surface area (Å²) in [5.74, 6) is -0.764. The first-order valence-corrected chi connectivity index (χ1v) is 9.59. The first kappa shape index (κ1) is 21.4. The number of nitrogens with zero attached hydrogens (tertiary/aromatic N) is 1. The Hall–Kier alpha value is -2.94. The number of rotatable bonds is 10. The van der Waals surface area contributed by atoms with Gasteiger partial charge in [-0.1, -0.05) is 17.7 Å². The fourth-order valence-corrected chi connectivity index (χ4v) is 2.79. The number of thiazole rings is 1. The highest BCUT2D eigenvalue weighted by atomic mass is 32.1. The Morgan fingerprint density at radius 3 is 2.57 bits per heavy atom. The molecule has 2 aromatic rings. The van der Waals surface area contributed by atoms with Crippen molar-refractivity contribution in [1.82, 2.24) is 4.98 Å². The predicted molar refractivity (Wildman–Crippen MR) is 103 cm³/mol. The van der Waals surface area contributed by atoms with Gasteiger partial charge in [0.25, 0.3) is 5.91 Å². The van der Waals surface area contributed by atoms with Gasteiger partial charge in [0.05, 0.1) is 31.7 Å². The van der Waals surface area contributed by atoms with Crippen LogP contribution in [0.1, 0.15) is 24.6 Å². The van der Waals surface area contributed by atoms with E-state index < -0.39 is 18.5 Å². The summed E-state index contributed by atoms with van der Waals surface area (Å²) in [6, 6.07) is 7.46. The van der Waals surface area contributed by atoms with E-state index in [1.165, 1.54) is 11.3 Å². The smallest absolute Gasteiger partial charge is 0.311 e. The van der Waals surface area contributed by atoms with E-state index in [1.807, 2.05) is 31.2 Å². The van der Waals surface area contributed by atoms with Gasteiger partial charge >= 0.3 is 11.9 Å². The number of esters is 2. The van der Waals surface area contributed by atoms with Crippen molar-refractivity contribution in [3.8, 4) is 5.75 Å². The zero-order chi connectivity index (χ0) is 20.4. The van der Waals surface area contributed by atoms with Gasteiger partial charge in [0.15, 0.2) is 11.7 Å². The normalized spacial score (nSPS) is 10.2. The number of aromatic nitrogens is 1. The zero-order valence-electron chi connectivity index (χ0n) is 15.7. The lowest BCUT2D eigenvalue weighted by Gasteiger charge is -2.07. The monoisotopic (exact) mass is 406 g/mol. The van der Waals surface area contributed by atoms with E-state index in [1.54, 1.807) is 12.3 Å². The summed E-state index contributed by atoms with van der Waals surface area (Å²) in [5.41, 5.74) is 1.62. The summed E-state index contributed by atoms with van der Waals surface area (Å²) in [5, 5.41) is 4.49. The first-order valence-electron chi connectivity index (χ1n) is 8.71. The second kappa shape index (κ2) is 11.0. The van der Waals surface area contributed by atoms with Crippen LogP contribution < -0.4 is 10.1 Å². The van der Waals surface area contributed by atoms with Gasteiger partial charge in [-0.25, -0.2) is 4.98 Å². The molecule has 1 aromatic heterocycles. The molecule has 1 aromatic carbocycles. The molecule has 0 bridgehead atoms. The van der Waals surface area contributed by atoms with E-state index in [0.29, 0.717) is 23.2 Å². The Labute approximate surface area is 166 Å². The number of anilines is 1. The van der Waals surface area contributed by atoms with Gasteiger partial charge in [-0.05, 0) is 26.0 Å². The molecule has 0 aliphatic rings. The second-order valence-corrected chi connectivity index (χ2v) is 6.60. The molecule has 1 amide bonds. The van der Waals surface area contributed by atoms with Crippen LogP contribution in [0.4, 0.5) is 5.13 Å². The molecule has 2 rings (SSSR count). The van der Waals surface area contributed by atoms with E-state index in [2.05, 4.69) is 10.3 Å². The molecule has 1 N–H and O–H groups in total. The van der Waals surface area contributed by atoms with Gasteiger partial charge in [-0.3, -0.25) is 19.7 Å². The number of amides is 1. The average Bonchev–Trinajstić information content (AvgIpc) is 3.08. The molecule has 0 atom stereocenters. The maximum absolute atomic E-state index is 11.8. The molecular weight excluding hydrogens is 384 g/mol. The summed E-state index contributed by atoms with van der Waals surface area (Å²) >= 11 is 1.17. The fourth-order valence-electron chi connectivity index (χ4n) is 2.07. The molecule has 0 aliphatic carbocycles. The van der Waals surface area contributed by atoms with Gasteiger partial charge in [-0.15, -0.1) is 11.3 Å². The molecule has 150 valence electrons. The third-order valence-corrected chi connectivity index (χ3v) is 4.20. The highest BCUT2D eigenvalue weighted by Gasteiger charge is 2.12. The average molecular weight is 406 g/mol. The van der Waals surface area contributed by atoms with Crippen molar-refractivity contribution in [1.29, 1.82) is 0 Å². The fraction of sp³-hybridized carbons (Fsp3) is 0.368. The van der Waals surface area contributed by atoms with Crippen molar-refractivity contribution in [2.24, 2.45) is 0 Å².